The van der Waals surface area contributed by atoms with Crippen molar-refractivity contribution in [2.75, 3.05) is 14.2 Å². The minimum Gasteiger partial charge on any atom is -0.493 e. The van der Waals surface area contributed by atoms with Crippen LogP contribution in [0.2, 0.25) is 0 Å². The summed E-state index contributed by atoms with van der Waals surface area (Å²) in [5, 5.41) is 0. The van der Waals surface area contributed by atoms with E-state index < -0.39 is 0 Å². The zero-order chi connectivity index (χ0) is 14.8. The number of halogens is 2. The summed E-state index contributed by atoms with van der Waals surface area (Å²) >= 11 is 6.92. The largest absolute Gasteiger partial charge is 0.493 e. The minimum absolute atomic E-state index is 0. The van der Waals surface area contributed by atoms with Gasteiger partial charge in [-0.2, -0.15) is 0 Å². The number of ether oxygens (including phenoxy) is 2. The predicted molar refractivity (Wildman–Crippen MR) is 90.9 cm³/mol. The third-order valence-corrected chi connectivity index (χ3v) is 6.11. The van der Waals surface area contributed by atoms with Gasteiger partial charge in [0.15, 0.2) is 11.5 Å². The summed E-state index contributed by atoms with van der Waals surface area (Å²) in [6.07, 6.45) is 5.11. The van der Waals surface area contributed by atoms with Crippen molar-refractivity contribution in [3.63, 3.8) is 0 Å². The van der Waals surface area contributed by atoms with E-state index in [4.69, 9.17) is 26.8 Å². The fraction of sp³-hybridized carbons (Fsp3) is 0.647. The van der Waals surface area contributed by atoms with Gasteiger partial charge in [0, 0.05) is 10.4 Å². The number of benzene rings is 1. The molecular weight excluding hydrogens is 321 g/mol. The van der Waals surface area contributed by atoms with Crippen molar-refractivity contribution in [1.82, 2.24) is 0 Å². The maximum absolute atomic E-state index is 6.92. The Morgan fingerprint density at radius 2 is 1.45 bits per heavy atom. The number of hydrogen-bond acceptors (Lipinski definition) is 3. The van der Waals surface area contributed by atoms with E-state index >= 15 is 0 Å². The second-order valence-corrected chi connectivity index (χ2v) is 8.04. The molecule has 0 aliphatic heterocycles. The van der Waals surface area contributed by atoms with Crippen molar-refractivity contribution in [2.24, 2.45) is 5.73 Å². The Kier molecular flexibility index (Phi) is 3.82. The number of methoxy groups -OCH3 is 2. The van der Waals surface area contributed by atoms with Crippen molar-refractivity contribution in [2.45, 2.75) is 54.4 Å². The topological polar surface area (TPSA) is 44.5 Å². The van der Waals surface area contributed by atoms with Gasteiger partial charge in [0.2, 0.25) is 0 Å². The molecule has 2 atom stereocenters. The minimum atomic E-state index is -0.125. The van der Waals surface area contributed by atoms with Crippen LogP contribution in [-0.2, 0) is 0 Å². The Labute approximate surface area is 142 Å². The zero-order valence-electron chi connectivity index (χ0n) is 13.0. The first-order valence-electron chi connectivity index (χ1n) is 7.69. The standard InChI is InChI=1S/C17H22ClNO2.ClH/c1-20-14-3-12-10-5-16(18)6-11(8-17(19,7-10)9-16)13(12)4-15(14)21-2;/h3-4,10-11H,5-9,19H2,1-2H3;1H. The van der Waals surface area contributed by atoms with E-state index in [1.807, 2.05) is 0 Å². The second-order valence-electron chi connectivity index (χ2n) is 7.24. The van der Waals surface area contributed by atoms with Crippen LogP contribution in [0.15, 0.2) is 12.1 Å². The molecule has 5 rings (SSSR count). The summed E-state index contributed by atoms with van der Waals surface area (Å²) in [5.41, 5.74) is 9.34. The Morgan fingerprint density at radius 3 is 1.82 bits per heavy atom. The van der Waals surface area contributed by atoms with Gasteiger partial charge in [-0.25, -0.2) is 0 Å². The summed E-state index contributed by atoms with van der Waals surface area (Å²) < 4.78 is 11.0. The van der Waals surface area contributed by atoms with Crippen molar-refractivity contribution >= 4 is 24.0 Å². The van der Waals surface area contributed by atoms with Crippen LogP contribution in [-0.4, -0.2) is 24.6 Å². The van der Waals surface area contributed by atoms with Crippen LogP contribution in [0.25, 0.3) is 0 Å². The zero-order valence-corrected chi connectivity index (χ0v) is 14.6. The van der Waals surface area contributed by atoms with Crippen LogP contribution in [0.3, 0.4) is 0 Å². The molecule has 2 fully saturated rings. The van der Waals surface area contributed by atoms with Gasteiger partial charge in [-0.3, -0.25) is 0 Å². The summed E-state index contributed by atoms with van der Waals surface area (Å²) in [7, 11) is 3.38. The lowest BCUT2D eigenvalue weighted by molar-refractivity contribution is 0.151. The number of rotatable bonds is 2. The molecule has 2 saturated carbocycles. The first kappa shape index (κ1) is 16.2. The quantitative estimate of drug-likeness (QED) is 0.826. The monoisotopic (exact) mass is 343 g/mol. The van der Waals surface area contributed by atoms with Crippen LogP contribution in [0.5, 0.6) is 11.5 Å². The van der Waals surface area contributed by atoms with Crippen molar-refractivity contribution in [3.8, 4) is 11.5 Å². The lowest BCUT2D eigenvalue weighted by Gasteiger charge is -2.50. The highest BCUT2D eigenvalue weighted by molar-refractivity contribution is 6.24. The van der Waals surface area contributed by atoms with Crippen molar-refractivity contribution in [3.05, 3.63) is 23.3 Å². The molecule has 0 saturated heterocycles. The molecule has 1 aromatic rings. The van der Waals surface area contributed by atoms with Gasteiger partial charge in [-0.15, -0.1) is 24.0 Å². The first-order valence-corrected chi connectivity index (χ1v) is 8.07. The molecule has 2 unspecified atom stereocenters. The fourth-order valence-electron chi connectivity index (χ4n) is 5.15. The number of alkyl halides is 1. The maximum Gasteiger partial charge on any atom is 0.161 e. The maximum atomic E-state index is 6.92. The van der Waals surface area contributed by atoms with E-state index in [-0.39, 0.29) is 22.8 Å². The molecule has 0 radical (unpaired) electrons. The highest BCUT2D eigenvalue weighted by atomic mass is 35.5. The third kappa shape index (κ3) is 2.29. The normalized spacial score (nSPS) is 38.0. The molecule has 0 amide bonds. The van der Waals surface area contributed by atoms with E-state index in [0.29, 0.717) is 11.8 Å². The molecule has 22 heavy (non-hydrogen) atoms. The molecule has 0 spiro atoms. The lowest BCUT2D eigenvalue weighted by Crippen LogP contribution is -2.54. The van der Waals surface area contributed by atoms with Gasteiger partial charge in [-0.1, -0.05) is 0 Å². The summed E-state index contributed by atoms with van der Waals surface area (Å²) in [6, 6.07) is 4.32. The van der Waals surface area contributed by atoms with Crippen LogP contribution in [0.1, 0.15) is 55.1 Å². The van der Waals surface area contributed by atoms with E-state index in [1.165, 1.54) is 11.1 Å². The Bertz CT molecular complexity index is 542. The van der Waals surface area contributed by atoms with E-state index in [1.54, 1.807) is 14.2 Å². The average molecular weight is 344 g/mol. The molecular formula is C17H23Cl2NO2. The third-order valence-electron chi connectivity index (χ3n) is 5.67. The smallest absolute Gasteiger partial charge is 0.161 e. The molecule has 5 heteroatoms. The van der Waals surface area contributed by atoms with Gasteiger partial charge in [-0.05, 0) is 67.2 Å². The molecule has 3 nitrogen and oxygen atoms in total. The van der Waals surface area contributed by atoms with Gasteiger partial charge >= 0.3 is 0 Å². The fourth-order valence-corrected chi connectivity index (χ4v) is 5.79. The summed E-state index contributed by atoms with van der Waals surface area (Å²) in [5.74, 6) is 2.52. The molecule has 2 N–H and O–H groups in total. The highest BCUT2D eigenvalue weighted by Crippen LogP contribution is 2.61. The molecule has 4 bridgehead atoms. The molecule has 4 aliphatic rings. The van der Waals surface area contributed by atoms with Gasteiger partial charge in [0.25, 0.3) is 0 Å². The van der Waals surface area contributed by atoms with Gasteiger partial charge in [0.1, 0.15) is 0 Å². The van der Waals surface area contributed by atoms with Crippen LogP contribution < -0.4 is 15.2 Å². The molecule has 1 aromatic carbocycles. The predicted octanol–water partition coefficient (Wildman–Crippen LogP) is 3.96. The van der Waals surface area contributed by atoms with Crippen molar-refractivity contribution in [1.29, 1.82) is 0 Å². The van der Waals surface area contributed by atoms with Crippen LogP contribution >= 0.6 is 24.0 Å². The van der Waals surface area contributed by atoms with Crippen LogP contribution in [0, 0.1) is 0 Å². The number of nitrogens with two attached hydrogens (primary N) is 1. The first-order chi connectivity index (χ1) is 9.95. The van der Waals surface area contributed by atoms with Gasteiger partial charge < -0.3 is 15.2 Å². The Hall–Kier alpha value is -0.640. The molecule has 4 aliphatic carbocycles. The Morgan fingerprint density at radius 1 is 1.00 bits per heavy atom. The second kappa shape index (κ2) is 5.19. The summed E-state index contributed by atoms with van der Waals surface area (Å²) in [6.45, 7) is 0. The molecule has 0 heterocycles. The summed E-state index contributed by atoms with van der Waals surface area (Å²) in [4.78, 5) is -0.125. The highest BCUT2D eigenvalue weighted by Gasteiger charge is 2.55. The number of hydrogen-bond donors (Lipinski definition) is 1. The molecule has 0 aromatic heterocycles. The average Bonchev–Trinajstić information content (AvgIpc) is 2.55. The lowest BCUT2D eigenvalue weighted by atomic mass is 9.62. The van der Waals surface area contributed by atoms with E-state index in [0.717, 1.165) is 43.6 Å². The van der Waals surface area contributed by atoms with E-state index in [2.05, 4.69) is 12.1 Å². The van der Waals surface area contributed by atoms with Crippen LogP contribution in [0.4, 0.5) is 0 Å². The van der Waals surface area contributed by atoms with Gasteiger partial charge in [0.05, 0.1) is 14.2 Å². The SMILES string of the molecule is COc1cc2c(cc1OC)C1CC3(N)CC2CC(Cl)(C1)C3.Cl. The Balaban J connectivity index is 0.00000144. The molecule has 122 valence electrons. The van der Waals surface area contributed by atoms with Crippen molar-refractivity contribution < 1.29 is 9.47 Å². The van der Waals surface area contributed by atoms with E-state index in [9.17, 15) is 0 Å².